The zero-order valence-electron chi connectivity index (χ0n) is 11.5. The summed E-state index contributed by atoms with van der Waals surface area (Å²) in [7, 11) is 0. The summed E-state index contributed by atoms with van der Waals surface area (Å²) >= 11 is 0. The third-order valence-corrected chi connectivity index (χ3v) is 3.41. The number of esters is 1. The van der Waals surface area contributed by atoms with Crippen LogP contribution in [0.3, 0.4) is 0 Å². The molecule has 0 aromatic heterocycles. The largest absolute Gasteiger partial charge is 0.451 e. The van der Waals surface area contributed by atoms with E-state index in [1.165, 1.54) is 13.8 Å². The Labute approximate surface area is 115 Å². The van der Waals surface area contributed by atoms with Crippen LogP contribution in [-0.4, -0.2) is 17.7 Å². The number of hydrogen-bond donors (Lipinski definition) is 0. The van der Waals surface area contributed by atoms with Gasteiger partial charge in [-0.15, -0.1) is 0 Å². The van der Waals surface area contributed by atoms with Gasteiger partial charge in [-0.25, -0.2) is 4.79 Å². The van der Waals surface area contributed by atoms with E-state index in [2.05, 4.69) is 0 Å². The minimum Gasteiger partial charge on any atom is -0.451 e. The molecule has 0 bridgehead atoms. The molecule has 0 amide bonds. The number of carbonyl (C=O) groups excluding carboxylic acids is 1. The van der Waals surface area contributed by atoms with E-state index in [4.69, 9.17) is 4.74 Å². The van der Waals surface area contributed by atoms with Crippen molar-refractivity contribution in [3.05, 3.63) is 41.0 Å². The number of benzene rings is 1. The number of carbonyl (C=O) groups is 1. The standard InChI is InChI=1S/C15H15F3O2/c1-9-4-6-11(7-5-9)12-10(2)13(19)20-14(12,3)8-15(16,17)18/h4-7H,8H2,1-3H3. The molecule has 1 atom stereocenters. The maximum atomic E-state index is 12.7. The summed E-state index contributed by atoms with van der Waals surface area (Å²) in [6, 6.07) is 7.02. The second kappa shape index (κ2) is 4.65. The predicted octanol–water partition coefficient (Wildman–Crippen LogP) is 4.04. The highest BCUT2D eigenvalue weighted by Gasteiger charge is 2.49. The molecule has 0 spiro atoms. The van der Waals surface area contributed by atoms with E-state index in [1.54, 1.807) is 24.3 Å². The molecule has 0 saturated carbocycles. The van der Waals surface area contributed by atoms with Gasteiger partial charge in [0.1, 0.15) is 5.60 Å². The summed E-state index contributed by atoms with van der Waals surface area (Å²) < 4.78 is 43.2. The van der Waals surface area contributed by atoms with Crippen molar-refractivity contribution in [1.82, 2.24) is 0 Å². The number of hydrogen-bond acceptors (Lipinski definition) is 2. The molecule has 0 saturated heterocycles. The van der Waals surface area contributed by atoms with Crippen LogP contribution in [0.5, 0.6) is 0 Å². The van der Waals surface area contributed by atoms with Crippen LogP contribution in [0.15, 0.2) is 29.8 Å². The van der Waals surface area contributed by atoms with E-state index in [0.717, 1.165) is 5.56 Å². The van der Waals surface area contributed by atoms with Crippen molar-refractivity contribution < 1.29 is 22.7 Å². The Balaban J connectivity index is 2.50. The molecular weight excluding hydrogens is 269 g/mol. The van der Waals surface area contributed by atoms with Crippen LogP contribution in [0.1, 0.15) is 31.4 Å². The Morgan fingerprint density at radius 3 is 2.20 bits per heavy atom. The average molecular weight is 284 g/mol. The Morgan fingerprint density at radius 1 is 1.15 bits per heavy atom. The summed E-state index contributed by atoms with van der Waals surface area (Å²) in [4.78, 5) is 11.7. The van der Waals surface area contributed by atoms with Gasteiger partial charge >= 0.3 is 12.1 Å². The van der Waals surface area contributed by atoms with Crippen molar-refractivity contribution in [2.24, 2.45) is 0 Å². The van der Waals surface area contributed by atoms with E-state index < -0.39 is 24.2 Å². The maximum absolute atomic E-state index is 12.7. The lowest BCUT2D eigenvalue weighted by Gasteiger charge is -2.28. The fourth-order valence-electron chi connectivity index (χ4n) is 2.58. The minimum absolute atomic E-state index is 0.237. The molecule has 0 aliphatic carbocycles. The summed E-state index contributed by atoms with van der Waals surface area (Å²) in [5, 5.41) is 0. The smallest absolute Gasteiger partial charge is 0.393 e. The molecule has 1 aliphatic rings. The van der Waals surface area contributed by atoms with Crippen molar-refractivity contribution in [2.75, 3.05) is 0 Å². The monoisotopic (exact) mass is 284 g/mol. The molecule has 0 radical (unpaired) electrons. The molecule has 20 heavy (non-hydrogen) atoms. The second-order valence-corrected chi connectivity index (χ2v) is 5.28. The first-order valence-corrected chi connectivity index (χ1v) is 6.21. The lowest BCUT2D eigenvalue weighted by molar-refractivity contribution is -0.175. The van der Waals surface area contributed by atoms with Gasteiger partial charge in [0.05, 0.1) is 6.42 Å². The first-order valence-electron chi connectivity index (χ1n) is 6.21. The third-order valence-electron chi connectivity index (χ3n) is 3.41. The van der Waals surface area contributed by atoms with Crippen molar-refractivity contribution in [3.8, 4) is 0 Å². The third kappa shape index (κ3) is 2.71. The van der Waals surface area contributed by atoms with Crippen molar-refractivity contribution >= 4 is 11.5 Å². The number of halogens is 3. The molecule has 1 aromatic rings. The molecule has 108 valence electrons. The minimum atomic E-state index is -4.41. The van der Waals surface area contributed by atoms with Gasteiger partial charge < -0.3 is 4.74 Å². The summed E-state index contributed by atoms with van der Waals surface area (Å²) in [6.07, 6.45) is -5.60. The van der Waals surface area contributed by atoms with Crippen LogP contribution in [0, 0.1) is 6.92 Å². The van der Waals surface area contributed by atoms with Gasteiger partial charge in [0, 0.05) is 11.1 Å². The van der Waals surface area contributed by atoms with Gasteiger partial charge in [-0.2, -0.15) is 13.2 Å². The van der Waals surface area contributed by atoms with Crippen LogP contribution < -0.4 is 0 Å². The van der Waals surface area contributed by atoms with E-state index in [0.29, 0.717) is 11.1 Å². The fourth-order valence-corrected chi connectivity index (χ4v) is 2.58. The molecule has 1 heterocycles. The van der Waals surface area contributed by atoms with E-state index >= 15 is 0 Å². The Kier molecular flexibility index (Phi) is 3.40. The molecule has 1 aromatic carbocycles. The fraction of sp³-hybridized carbons (Fsp3) is 0.400. The van der Waals surface area contributed by atoms with Crippen molar-refractivity contribution in [1.29, 1.82) is 0 Å². The topological polar surface area (TPSA) is 26.3 Å². The Morgan fingerprint density at radius 2 is 1.70 bits per heavy atom. The molecule has 2 rings (SSSR count). The molecule has 1 unspecified atom stereocenters. The number of alkyl halides is 3. The number of aryl methyl sites for hydroxylation is 1. The van der Waals surface area contributed by atoms with Gasteiger partial charge in [0.2, 0.25) is 0 Å². The summed E-state index contributed by atoms with van der Waals surface area (Å²) in [5.41, 5.74) is 0.482. The van der Waals surface area contributed by atoms with Gasteiger partial charge in [0.25, 0.3) is 0 Å². The second-order valence-electron chi connectivity index (χ2n) is 5.28. The van der Waals surface area contributed by atoms with E-state index in [9.17, 15) is 18.0 Å². The lowest BCUT2D eigenvalue weighted by atomic mass is 9.85. The highest BCUT2D eigenvalue weighted by Crippen LogP contribution is 2.45. The van der Waals surface area contributed by atoms with Crippen LogP contribution >= 0.6 is 0 Å². The highest BCUT2D eigenvalue weighted by atomic mass is 19.4. The van der Waals surface area contributed by atoms with Crippen LogP contribution in [0.2, 0.25) is 0 Å². The van der Waals surface area contributed by atoms with Crippen LogP contribution in [0.4, 0.5) is 13.2 Å². The summed E-state index contributed by atoms with van der Waals surface area (Å²) in [5.74, 6) is -0.688. The van der Waals surface area contributed by atoms with Gasteiger partial charge in [-0.05, 0) is 26.3 Å². The number of ether oxygens (including phenoxy) is 1. The molecule has 5 heteroatoms. The van der Waals surface area contributed by atoms with Crippen LogP contribution in [-0.2, 0) is 9.53 Å². The van der Waals surface area contributed by atoms with Crippen molar-refractivity contribution in [3.63, 3.8) is 0 Å². The van der Waals surface area contributed by atoms with Gasteiger partial charge in [-0.3, -0.25) is 0 Å². The molecular formula is C15H15F3O2. The Bertz CT molecular complexity index is 570. The normalized spacial score (nSPS) is 23.2. The van der Waals surface area contributed by atoms with Crippen molar-refractivity contribution in [2.45, 2.75) is 39.0 Å². The molecule has 0 fully saturated rings. The van der Waals surface area contributed by atoms with E-state index in [1.807, 2.05) is 6.92 Å². The SMILES string of the molecule is CC1=C(c2ccc(C)cc2)C(C)(CC(F)(F)F)OC1=O. The number of rotatable bonds is 2. The zero-order valence-corrected chi connectivity index (χ0v) is 11.5. The summed E-state index contributed by atoms with van der Waals surface area (Å²) in [6.45, 7) is 4.69. The molecule has 2 nitrogen and oxygen atoms in total. The first kappa shape index (κ1) is 14.6. The molecule has 1 aliphatic heterocycles. The van der Waals surface area contributed by atoms with Gasteiger partial charge in [-0.1, -0.05) is 29.8 Å². The van der Waals surface area contributed by atoms with Crippen LogP contribution in [0.25, 0.3) is 5.57 Å². The lowest BCUT2D eigenvalue weighted by Crippen LogP contribution is -2.33. The first-order chi connectivity index (χ1) is 9.12. The Hall–Kier alpha value is -1.78. The quantitative estimate of drug-likeness (QED) is 0.766. The van der Waals surface area contributed by atoms with Gasteiger partial charge in [0.15, 0.2) is 0 Å². The molecule has 0 N–H and O–H groups in total. The van der Waals surface area contributed by atoms with E-state index in [-0.39, 0.29) is 5.57 Å². The predicted molar refractivity (Wildman–Crippen MR) is 68.9 cm³/mol. The zero-order chi connectivity index (χ0) is 15.1. The number of cyclic esters (lactones) is 1. The average Bonchev–Trinajstić information content (AvgIpc) is 2.49. The maximum Gasteiger partial charge on any atom is 0.393 e. The highest BCUT2D eigenvalue weighted by molar-refractivity contribution is 6.03.